The van der Waals surface area contributed by atoms with Crippen LogP contribution in [0, 0.1) is 17.6 Å². The minimum atomic E-state index is -4.73. The van der Waals surface area contributed by atoms with Crippen molar-refractivity contribution in [3.05, 3.63) is 29.8 Å². The molecule has 9 heteroatoms. The maximum absolute atomic E-state index is 12.8. The van der Waals surface area contributed by atoms with Crippen molar-refractivity contribution in [2.45, 2.75) is 6.18 Å². The van der Waals surface area contributed by atoms with E-state index in [0.717, 1.165) is 12.1 Å². The van der Waals surface area contributed by atoms with Crippen molar-refractivity contribution in [3.8, 4) is 0 Å². The number of hydrogen-bond acceptors (Lipinski definition) is 3. The summed E-state index contributed by atoms with van der Waals surface area (Å²) in [5.41, 5.74) is 4.87. The van der Waals surface area contributed by atoms with Crippen LogP contribution in [0.2, 0.25) is 0 Å². The van der Waals surface area contributed by atoms with Crippen LogP contribution in [0.1, 0.15) is 0 Å². The minimum absolute atomic E-state index is 0.0566. The molecule has 1 aromatic rings. The van der Waals surface area contributed by atoms with Crippen molar-refractivity contribution < 1.29 is 27.2 Å². The first-order chi connectivity index (χ1) is 8.75. The molecule has 106 valence electrons. The van der Waals surface area contributed by atoms with E-state index >= 15 is 0 Å². The first-order valence-electron chi connectivity index (χ1n) is 4.98. The van der Waals surface area contributed by atoms with Crippen LogP contribution >= 0.6 is 0 Å². The second-order valence-corrected chi connectivity index (χ2v) is 3.63. The summed E-state index contributed by atoms with van der Waals surface area (Å²) in [6, 6.07) is 2.54. The van der Waals surface area contributed by atoms with Gasteiger partial charge in [0.1, 0.15) is 5.92 Å². The number of nitrogens with two attached hydrogens (primary N) is 1. The maximum atomic E-state index is 12.8. The number of hydrogen-bond donors (Lipinski definition) is 3. The minimum Gasteiger partial charge on any atom is -0.409 e. The number of nitrogens with one attached hydrogen (secondary N) is 1. The number of alkyl halides is 3. The third-order valence-electron chi connectivity index (χ3n) is 2.30. The van der Waals surface area contributed by atoms with Gasteiger partial charge in [0.15, 0.2) is 17.5 Å². The summed E-state index contributed by atoms with van der Waals surface area (Å²) in [7, 11) is 0. The summed E-state index contributed by atoms with van der Waals surface area (Å²) in [4.78, 5) is 0. The van der Waals surface area contributed by atoms with Gasteiger partial charge in [0.2, 0.25) is 0 Å². The van der Waals surface area contributed by atoms with Crippen molar-refractivity contribution >= 4 is 11.5 Å². The molecule has 1 atom stereocenters. The average molecular weight is 283 g/mol. The molecule has 0 bridgehead atoms. The van der Waals surface area contributed by atoms with Gasteiger partial charge < -0.3 is 16.3 Å². The fraction of sp³-hybridized carbons (Fsp3) is 0.300. The molecular weight excluding hydrogens is 273 g/mol. The molecule has 0 aliphatic carbocycles. The van der Waals surface area contributed by atoms with Crippen molar-refractivity contribution in [2.24, 2.45) is 16.8 Å². The van der Waals surface area contributed by atoms with Gasteiger partial charge in [0.25, 0.3) is 0 Å². The third-order valence-corrected chi connectivity index (χ3v) is 2.30. The van der Waals surface area contributed by atoms with E-state index in [9.17, 15) is 22.0 Å². The molecule has 1 aromatic carbocycles. The molecule has 0 aliphatic heterocycles. The van der Waals surface area contributed by atoms with Gasteiger partial charge in [0.05, 0.1) is 0 Å². The van der Waals surface area contributed by atoms with Crippen LogP contribution in [-0.4, -0.2) is 23.8 Å². The highest BCUT2D eigenvalue weighted by Crippen LogP contribution is 2.27. The molecule has 0 amide bonds. The number of oxime groups is 1. The first kappa shape index (κ1) is 15.0. The lowest BCUT2D eigenvalue weighted by atomic mass is 10.1. The number of amidine groups is 1. The Labute approximate surface area is 104 Å². The number of benzene rings is 1. The molecule has 0 fully saturated rings. The fourth-order valence-corrected chi connectivity index (χ4v) is 1.28. The summed E-state index contributed by atoms with van der Waals surface area (Å²) in [6.45, 7) is -0.773. The number of rotatable bonds is 4. The monoisotopic (exact) mass is 283 g/mol. The van der Waals surface area contributed by atoms with Crippen LogP contribution in [-0.2, 0) is 0 Å². The standard InChI is InChI=1S/C10H10F5N3O/c11-7-2-1-5(3-8(7)12)17-4-6(9(16)18-19)10(13,14)15/h1-3,6,17,19H,4H2,(H2,16,18). The van der Waals surface area contributed by atoms with E-state index in [1.807, 2.05) is 0 Å². The van der Waals surface area contributed by atoms with Gasteiger partial charge >= 0.3 is 6.18 Å². The van der Waals surface area contributed by atoms with Crippen molar-refractivity contribution in [2.75, 3.05) is 11.9 Å². The molecule has 0 aliphatic rings. The highest BCUT2D eigenvalue weighted by atomic mass is 19.4. The Hall–Kier alpha value is -2.06. The third kappa shape index (κ3) is 3.97. The molecule has 0 saturated heterocycles. The van der Waals surface area contributed by atoms with E-state index in [2.05, 4.69) is 10.5 Å². The molecule has 0 spiro atoms. The van der Waals surface area contributed by atoms with Crippen LogP contribution in [0.3, 0.4) is 0 Å². The lowest BCUT2D eigenvalue weighted by Crippen LogP contribution is -2.40. The largest absolute Gasteiger partial charge is 0.409 e. The second-order valence-electron chi connectivity index (χ2n) is 3.63. The molecule has 0 radical (unpaired) electrons. The van der Waals surface area contributed by atoms with E-state index in [1.165, 1.54) is 0 Å². The van der Waals surface area contributed by atoms with E-state index in [4.69, 9.17) is 10.9 Å². The Bertz CT molecular complexity index is 475. The smallest absolute Gasteiger partial charge is 0.400 e. The first-order valence-corrected chi connectivity index (χ1v) is 4.98. The lowest BCUT2D eigenvalue weighted by Gasteiger charge is -2.19. The molecule has 1 rings (SSSR count). The zero-order valence-corrected chi connectivity index (χ0v) is 9.38. The molecule has 0 aromatic heterocycles. The number of anilines is 1. The van der Waals surface area contributed by atoms with Gasteiger partial charge in [0, 0.05) is 12.2 Å². The zero-order chi connectivity index (χ0) is 14.6. The van der Waals surface area contributed by atoms with Gasteiger partial charge in [-0.2, -0.15) is 13.2 Å². The molecule has 4 nitrogen and oxygen atoms in total. The van der Waals surface area contributed by atoms with Crippen LogP contribution in [0.25, 0.3) is 0 Å². The van der Waals surface area contributed by atoms with Crippen LogP contribution in [0.5, 0.6) is 0 Å². The van der Waals surface area contributed by atoms with Crippen molar-refractivity contribution in [3.63, 3.8) is 0 Å². The van der Waals surface area contributed by atoms with Crippen LogP contribution < -0.4 is 11.1 Å². The Morgan fingerprint density at radius 1 is 1.32 bits per heavy atom. The molecule has 0 heterocycles. The Morgan fingerprint density at radius 3 is 2.42 bits per heavy atom. The Morgan fingerprint density at radius 2 is 1.95 bits per heavy atom. The number of nitrogens with zero attached hydrogens (tertiary/aromatic N) is 1. The topological polar surface area (TPSA) is 70.6 Å². The van der Waals surface area contributed by atoms with Gasteiger partial charge in [-0.3, -0.25) is 0 Å². The summed E-state index contributed by atoms with van der Waals surface area (Å²) >= 11 is 0. The quantitative estimate of drug-likeness (QED) is 0.261. The highest BCUT2D eigenvalue weighted by molar-refractivity contribution is 5.83. The summed E-state index contributed by atoms with van der Waals surface area (Å²) < 4.78 is 63.1. The number of halogens is 5. The summed E-state index contributed by atoms with van der Waals surface area (Å²) in [5.74, 6) is -5.58. The highest BCUT2D eigenvalue weighted by Gasteiger charge is 2.42. The normalized spacial score (nSPS) is 14.3. The van der Waals surface area contributed by atoms with Crippen molar-refractivity contribution in [1.82, 2.24) is 0 Å². The van der Waals surface area contributed by atoms with Gasteiger partial charge in [-0.05, 0) is 18.2 Å². The predicted molar refractivity (Wildman–Crippen MR) is 57.8 cm³/mol. The fourth-order valence-electron chi connectivity index (χ4n) is 1.28. The Balaban J connectivity index is 2.79. The molecule has 19 heavy (non-hydrogen) atoms. The van der Waals surface area contributed by atoms with Crippen molar-refractivity contribution in [1.29, 1.82) is 0 Å². The summed E-state index contributed by atoms with van der Waals surface area (Å²) in [5, 5.41) is 12.8. The average Bonchev–Trinajstić information content (AvgIpc) is 2.31. The lowest BCUT2D eigenvalue weighted by molar-refractivity contribution is -0.152. The molecule has 0 saturated carbocycles. The van der Waals surface area contributed by atoms with E-state index < -0.39 is 36.1 Å². The zero-order valence-electron chi connectivity index (χ0n) is 9.38. The van der Waals surface area contributed by atoms with E-state index in [-0.39, 0.29) is 5.69 Å². The second kappa shape index (κ2) is 5.72. The van der Waals surface area contributed by atoms with E-state index in [0.29, 0.717) is 6.07 Å². The van der Waals surface area contributed by atoms with E-state index in [1.54, 1.807) is 0 Å². The van der Waals surface area contributed by atoms with Gasteiger partial charge in [-0.25, -0.2) is 8.78 Å². The van der Waals surface area contributed by atoms with Gasteiger partial charge in [-0.15, -0.1) is 0 Å². The Kier molecular flexibility index (Phi) is 4.52. The molecule has 4 N–H and O–H groups in total. The predicted octanol–water partition coefficient (Wildman–Crippen LogP) is 2.30. The SMILES string of the molecule is N/C(=N/O)C(CNc1ccc(F)c(F)c1)C(F)(F)F. The van der Waals surface area contributed by atoms with Crippen LogP contribution in [0.15, 0.2) is 23.4 Å². The summed E-state index contributed by atoms with van der Waals surface area (Å²) in [6.07, 6.45) is -4.73. The molecular formula is C10H10F5N3O. The van der Waals surface area contributed by atoms with Crippen LogP contribution in [0.4, 0.5) is 27.6 Å². The molecule has 1 unspecified atom stereocenters. The van der Waals surface area contributed by atoms with Gasteiger partial charge in [-0.1, -0.05) is 5.16 Å². The maximum Gasteiger partial charge on any atom is 0.400 e.